The maximum Gasteiger partial charge on any atom is 0.293 e. The summed E-state index contributed by atoms with van der Waals surface area (Å²) in [5.41, 5.74) is 3.70. The number of nitro groups is 1. The molecule has 0 radical (unpaired) electrons. The molecule has 9 nitrogen and oxygen atoms in total. The molecule has 208 valence electrons. The van der Waals surface area contributed by atoms with Crippen molar-refractivity contribution < 1.29 is 14.5 Å². The van der Waals surface area contributed by atoms with E-state index in [4.69, 9.17) is 11.6 Å². The number of nitro benzene ring substituents is 1. The number of anilines is 3. The summed E-state index contributed by atoms with van der Waals surface area (Å²) >= 11 is 6.61. The molecule has 0 atom stereocenters. The summed E-state index contributed by atoms with van der Waals surface area (Å²) in [5.74, 6) is -0.411. The van der Waals surface area contributed by atoms with Gasteiger partial charge in [0.15, 0.2) is 0 Å². The van der Waals surface area contributed by atoms with E-state index in [0.717, 1.165) is 49.2 Å². The highest BCUT2D eigenvalue weighted by Gasteiger charge is 2.25. The number of piperidine rings is 1. The van der Waals surface area contributed by atoms with Crippen molar-refractivity contribution in [2.45, 2.75) is 26.2 Å². The average Bonchev–Trinajstić information content (AvgIpc) is 2.97. The lowest BCUT2D eigenvalue weighted by atomic mass is 10.1. The van der Waals surface area contributed by atoms with E-state index < -0.39 is 10.8 Å². The van der Waals surface area contributed by atoms with Crippen LogP contribution in [0.15, 0.2) is 60.7 Å². The van der Waals surface area contributed by atoms with Crippen LogP contribution in [-0.4, -0.2) is 60.9 Å². The van der Waals surface area contributed by atoms with Gasteiger partial charge in [0, 0.05) is 62.1 Å². The molecule has 3 aromatic carbocycles. The van der Waals surface area contributed by atoms with Gasteiger partial charge in [-0.15, -0.1) is 0 Å². The monoisotopic (exact) mass is 561 g/mol. The van der Waals surface area contributed by atoms with Crippen LogP contribution in [0.5, 0.6) is 0 Å². The minimum absolute atomic E-state index is 0.0334. The Kier molecular flexibility index (Phi) is 8.21. The predicted octanol–water partition coefficient (Wildman–Crippen LogP) is 5.76. The normalized spacial score (nSPS) is 15.6. The second-order valence-electron chi connectivity index (χ2n) is 10.2. The van der Waals surface area contributed by atoms with Gasteiger partial charge < -0.3 is 20.0 Å². The molecule has 0 aliphatic carbocycles. The van der Waals surface area contributed by atoms with Crippen molar-refractivity contribution in [1.82, 2.24) is 4.90 Å². The van der Waals surface area contributed by atoms with Crippen molar-refractivity contribution >= 4 is 46.2 Å². The van der Waals surface area contributed by atoms with Gasteiger partial charge >= 0.3 is 0 Å². The van der Waals surface area contributed by atoms with E-state index in [1.54, 1.807) is 24.3 Å². The second-order valence-corrected chi connectivity index (χ2v) is 10.6. The summed E-state index contributed by atoms with van der Waals surface area (Å²) in [6.07, 6.45) is 3.12. The van der Waals surface area contributed by atoms with Crippen LogP contribution in [0.3, 0.4) is 0 Å². The smallest absolute Gasteiger partial charge is 0.293 e. The minimum atomic E-state index is -0.444. The first-order valence-corrected chi connectivity index (χ1v) is 13.9. The summed E-state index contributed by atoms with van der Waals surface area (Å²) in [6, 6.07) is 17.5. The number of nitrogens with one attached hydrogen (secondary N) is 1. The molecule has 0 saturated carbocycles. The highest BCUT2D eigenvalue weighted by molar-refractivity contribution is 6.33. The van der Waals surface area contributed by atoms with Crippen molar-refractivity contribution in [2.24, 2.45) is 0 Å². The highest BCUT2D eigenvalue weighted by atomic mass is 35.5. The summed E-state index contributed by atoms with van der Waals surface area (Å²) in [5, 5.41) is 15.1. The van der Waals surface area contributed by atoms with Gasteiger partial charge in [-0.3, -0.25) is 19.7 Å². The van der Waals surface area contributed by atoms with Crippen LogP contribution >= 0.6 is 11.6 Å². The maximum absolute atomic E-state index is 13.0. The third kappa shape index (κ3) is 5.89. The molecule has 0 unspecified atom stereocenters. The van der Waals surface area contributed by atoms with Crippen LogP contribution in [0.2, 0.25) is 5.02 Å². The van der Waals surface area contributed by atoms with Crippen LogP contribution in [0, 0.1) is 17.0 Å². The fraction of sp³-hybridized carbons (Fsp3) is 0.333. The molecule has 2 saturated heterocycles. The predicted molar refractivity (Wildman–Crippen MR) is 158 cm³/mol. The van der Waals surface area contributed by atoms with Gasteiger partial charge in [-0.25, -0.2) is 0 Å². The molecule has 2 aliphatic heterocycles. The van der Waals surface area contributed by atoms with Crippen LogP contribution in [0.25, 0.3) is 0 Å². The Morgan fingerprint density at radius 3 is 2.20 bits per heavy atom. The summed E-state index contributed by atoms with van der Waals surface area (Å²) in [7, 11) is 0. The van der Waals surface area contributed by atoms with Gasteiger partial charge in [0.2, 0.25) is 0 Å². The number of hydrogen-bond acceptors (Lipinski definition) is 6. The number of benzene rings is 3. The Morgan fingerprint density at radius 2 is 1.52 bits per heavy atom. The quantitative estimate of drug-likeness (QED) is 0.303. The zero-order chi connectivity index (χ0) is 28.2. The minimum Gasteiger partial charge on any atom is -0.367 e. The molecule has 40 heavy (non-hydrogen) atoms. The zero-order valence-electron chi connectivity index (χ0n) is 22.4. The first-order chi connectivity index (χ1) is 19.3. The molecule has 3 aromatic rings. The fourth-order valence-electron chi connectivity index (χ4n) is 5.39. The van der Waals surface area contributed by atoms with E-state index in [2.05, 4.69) is 10.2 Å². The molecular formula is C30H32ClN5O4. The largest absolute Gasteiger partial charge is 0.367 e. The van der Waals surface area contributed by atoms with E-state index >= 15 is 0 Å². The third-order valence-corrected chi connectivity index (χ3v) is 7.92. The standard InChI is InChI=1S/C30H32ClN5O4/c1-21-7-3-4-8-24(21)30(38)35-17-15-34(16-18-35)26-12-10-23(20-25(26)31)32-29(37)22-9-11-27(28(19-22)36(39)40)33-13-5-2-6-14-33/h3-4,7-12,19-20H,2,5-6,13-18H2,1H3,(H,32,37). The van der Waals surface area contributed by atoms with E-state index in [9.17, 15) is 19.7 Å². The summed E-state index contributed by atoms with van der Waals surface area (Å²) < 4.78 is 0. The highest BCUT2D eigenvalue weighted by Crippen LogP contribution is 2.33. The molecule has 10 heteroatoms. The molecule has 2 amide bonds. The zero-order valence-corrected chi connectivity index (χ0v) is 23.2. The van der Waals surface area contributed by atoms with Gasteiger partial charge in [0.25, 0.3) is 17.5 Å². The lowest BCUT2D eigenvalue weighted by Gasteiger charge is -2.36. The fourth-order valence-corrected chi connectivity index (χ4v) is 5.69. The van der Waals surface area contributed by atoms with Crippen LogP contribution in [0.1, 0.15) is 45.5 Å². The average molecular weight is 562 g/mol. The van der Waals surface area contributed by atoms with Gasteiger partial charge in [-0.05, 0) is 68.1 Å². The lowest BCUT2D eigenvalue weighted by Crippen LogP contribution is -2.49. The summed E-state index contributed by atoms with van der Waals surface area (Å²) in [4.78, 5) is 43.3. The molecule has 2 aliphatic rings. The van der Waals surface area contributed by atoms with Crippen molar-refractivity contribution in [2.75, 3.05) is 54.4 Å². The molecule has 1 N–H and O–H groups in total. The van der Waals surface area contributed by atoms with E-state index in [1.165, 1.54) is 6.07 Å². The van der Waals surface area contributed by atoms with E-state index in [1.807, 2.05) is 47.1 Å². The second kappa shape index (κ2) is 12.0. The lowest BCUT2D eigenvalue weighted by molar-refractivity contribution is -0.384. The van der Waals surface area contributed by atoms with Gasteiger partial charge in [-0.2, -0.15) is 0 Å². The number of rotatable bonds is 6. The van der Waals surface area contributed by atoms with Crippen LogP contribution < -0.4 is 15.1 Å². The first kappa shape index (κ1) is 27.5. The Labute approximate surface area is 238 Å². The number of aryl methyl sites for hydroxylation is 1. The first-order valence-electron chi connectivity index (χ1n) is 13.6. The number of hydrogen-bond donors (Lipinski definition) is 1. The molecule has 5 rings (SSSR count). The molecule has 0 bridgehead atoms. The van der Waals surface area contributed by atoms with Gasteiger partial charge in [0.05, 0.1) is 15.6 Å². The Morgan fingerprint density at radius 1 is 0.850 bits per heavy atom. The van der Waals surface area contributed by atoms with E-state index in [0.29, 0.717) is 42.6 Å². The molecule has 2 fully saturated rings. The van der Waals surface area contributed by atoms with Gasteiger partial charge in [-0.1, -0.05) is 29.8 Å². The van der Waals surface area contributed by atoms with Crippen LogP contribution in [0.4, 0.5) is 22.7 Å². The number of carbonyl (C=O) groups is 2. The van der Waals surface area contributed by atoms with E-state index in [-0.39, 0.29) is 17.2 Å². The number of nitrogens with zero attached hydrogens (tertiary/aromatic N) is 4. The number of halogens is 1. The molecule has 2 heterocycles. The van der Waals surface area contributed by atoms with Crippen molar-refractivity contribution in [1.29, 1.82) is 0 Å². The van der Waals surface area contributed by atoms with Crippen molar-refractivity contribution in [3.63, 3.8) is 0 Å². The topological polar surface area (TPSA) is 99.0 Å². The number of carbonyl (C=O) groups excluding carboxylic acids is 2. The van der Waals surface area contributed by atoms with Crippen molar-refractivity contribution in [3.05, 3.63) is 92.5 Å². The molecule has 0 spiro atoms. The van der Waals surface area contributed by atoms with Crippen molar-refractivity contribution in [3.8, 4) is 0 Å². The maximum atomic E-state index is 13.0. The number of amides is 2. The molecule has 0 aromatic heterocycles. The third-order valence-electron chi connectivity index (χ3n) is 7.62. The van der Waals surface area contributed by atoms with Crippen LogP contribution in [-0.2, 0) is 0 Å². The summed E-state index contributed by atoms with van der Waals surface area (Å²) in [6.45, 7) is 5.91. The Balaban J connectivity index is 1.23. The number of piperazine rings is 1. The molecular weight excluding hydrogens is 530 g/mol. The Bertz CT molecular complexity index is 1430. The van der Waals surface area contributed by atoms with Gasteiger partial charge in [0.1, 0.15) is 5.69 Å². The SMILES string of the molecule is Cc1ccccc1C(=O)N1CCN(c2ccc(NC(=O)c3ccc(N4CCCCC4)c([N+](=O)[O-])c3)cc2Cl)CC1. The Hall–Kier alpha value is -4.11.